The van der Waals surface area contributed by atoms with Crippen molar-refractivity contribution in [3.8, 4) is 5.88 Å². The molecule has 5 heteroatoms. The van der Waals surface area contributed by atoms with Gasteiger partial charge in [-0.1, -0.05) is 12.1 Å². The van der Waals surface area contributed by atoms with Gasteiger partial charge in [-0.05, 0) is 30.7 Å². The first-order valence-electron chi connectivity index (χ1n) is 6.57. The van der Waals surface area contributed by atoms with Crippen molar-refractivity contribution in [1.29, 1.82) is 0 Å². The molecule has 21 heavy (non-hydrogen) atoms. The summed E-state index contributed by atoms with van der Waals surface area (Å²) in [5.41, 5.74) is 3.15. The highest BCUT2D eigenvalue weighted by Crippen LogP contribution is 2.20. The van der Waals surface area contributed by atoms with Gasteiger partial charge in [-0.2, -0.15) is 0 Å². The summed E-state index contributed by atoms with van der Waals surface area (Å²) in [5, 5.41) is 3.27. The molecule has 0 aliphatic rings. The molecule has 110 valence electrons. The zero-order chi connectivity index (χ0) is 15.2. The van der Waals surface area contributed by atoms with Crippen LogP contribution in [0, 0.1) is 6.92 Å². The molecule has 0 saturated heterocycles. The monoisotopic (exact) mass is 286 g/mol. The van der Waals surface area contributed by atoms with Crippen LogP contribution in [-0.4, -0.2) is 25.2 Å². The number of anilines is 1. The Hall–Kier alpha value is -2.56. The van der Waals surface area contributed by atoms with E-state index in [-0.39, 0.29) is 5.97 Å². The van der Waals surface area contributed by atoms with Gasteiger partial charge in [0.15, 0.2) is 0 Å². The van der Waals surface area contributed by atoms with Crippen LogP contribution in [-0.2, 0) is 11.3 Å². The van der Waals surface area contributed by atoms with Gasteiger partial charge in [0.25, 0.3) is 0 Å². The van der Waals surface area contributed by atoms with Crippen molar-refractivity contribution >= 4 is 11.7 Å². The molecule has 0 radical (unpaired) electrons. The van der Waals surface area contributed by atoms with Gasteiger partial charge >= 0.3 is 5.97 Å². The Kier molecular flexibility index (Phi) is 4.77. The second-order valence-corrected chi connectivity index (χ2v) is 4.49. The highest BCUT2D eigenvalue weighted by Gasteiger charge is 2.11. The minimum absolute atomic E-state index is 0.337. The minimum Gasteiger partial charge on any atom is -0.481 e. The fraction of sp³-hybridized carbons (Fsp3) is 0.250. The number of ether oxygens (including phenoxy) is 2. The van der Waals surface area contributed by atoms with Crippen LogP contribution in [0.1, 0.15) is 21.6 Å². The molecule has 0 amide bonds. The molecule has 0 saturated carbocycles. The highest BCUT2D eigenvalue weighted by atomic mass is 16.5. The number of aromatic nitrogens is 1. The van der Waals surface area contributed by atoms with E-state index in [1.165, 1.54) is 7.11 Å². The quantitative estimate of drug-likeness (QED) is 0.856. The third kappa shape index (κ3) is 3.51. The first kappa shape index (κ1) is 14.8. The number of carbonyl (C=O) groups is 1. The first-order valence-corrected chi connectivity index (χ1v) is 6.57. The summed E-state index contributed by atoms with van der Waals surface area (Å²) in [6.07, 6.45) is 0. The number of pyridine rings is 1. The van der Waals surface area contributed by atoms with E-state index in [1.807, 2.05) is 31.2 Å². The van der Waals surface area contributed by atoms with Gasteiger partial charge in [0.2, 0.25) is 5.88 Å². The molecule has 0 aliphatic carbocycles. The standard InChI is InChI=1S/C16H18N2O3/c1-11-13(16(19)21-3)7-5-8-14(11)17-10-12-6-4-9-15(18-12)20-2/h4-9,17H,10H2,1-3H3. The maximum absolute atomic E-state index is 11.7. The van der Waals surface area contributed by atoms with Crippen LogP contribution >= 0.6 is 0 Å². The largest absolute Gasteiger partial charge is 0.481 e. The summed E-state index contributed by atoms with van der Waals surface area (Å²) in [7, 11) is 2.96. The lowest BCUT2D eigenvalue weighted by atomic mass is 10.1. The van der Waals surface area contributed by atoms with Crippen LogP contribution in [0.4, 0.5) is 5.69 Å². The van der Waals surface area contributed by atoms with Crippen molar-refractivity contribution in [1.82, 2.24) is 4.98 Å². The van der Waals surface area contributed by atoms with E-state index >= 15 is 0 Å². The summed E-state index contributed by atoms with van der Waals surface area (Å²) < 4.78 is 9.87. The predicted octanol–water partition coefficient (Wildman–Crippen LogP) is 2.80. The molecule has 0 aliphatic heterocycles. The van der Waals surface area contributed by atoms with Crippen LogP contribution in [0.15, 0.2) is 36.4 Å². The highest BCUT2D eigenvalue weighted by molar-refractivity contribution is 5.92. The molecule has 0 atom stereocenters. The molecule has 1 aromatic carbocycles. The van der Waals surface area contributed by atoms with E-state index in [0.29, 0.717) is 18.0 Å². The van der Waals surface area contributed by atoms with E-state index < -0.39 is 0 Å². The fourth-order valence-corrected chi connectivity index (χ4v) is 2.01. The molecular formula is C16H18N2O3. The molecule has 0 fully saturated rings. The van der Waals surface area contributed by atoms with Gasteiger partial charge in [-0.3, -0.25) is 0 Å². The topological polar surface area (TPSA) is 60.5 Å². The number of methoxy groups -OCH3 is 2. The fourth-order valence-electron chi connectivity index (χ4n) is 2.01. The number of benzene rings is 1. The van der Waals surface area contributed by atoms with Crippen LogP contribution in [0.3, 0.4) is 0 Å². The van der Waals surface area contributed by atoms with Crippen molar-refractivity contribution in [3.63, 3.8) is 0 Å². The molecule has 1 heterocycles. The summed E-state index contributed by atoms with van der Waals surface area (Å²) >= 11 is 0. The van der Waals surface area contributed by atoms with Crippen molar-refractivity contribution in [2.75, 3.05) is 19.5 Å². The van der Waals surface area contributed by atoms with E-state index in [1.54, 1.807) is 19.2 Å². The van der Waals surface area contributed by atoms with Crippen LogP contribution in [0.5, 0.6) is 5.88 Å². The number of nitrogens with zero attached hydrogens (tertiary/aromatic N) is 1. The van der Waals surface area contributed by atoms with E-state index in [2.05, 4.69) is 10.3 Å². The van der Waals surface area contributed by atoms with Crippen molar-refractivity contribution < 1.29 is 14.3 Å². The maximum Gasteiger partial charge on any atom is 0.338 e. The Morgan fingerprint density at radius 3 is 2.67 bits per heavy atom. The number of hydrogen-bond donors (Lipinski definition) is 1. The van der Waals surface area contributed by atoms with Gasteiger partial charge in [-0.15, -0.1) is 0 Å². The van der Waals surface area contributed by atoms with Crippen LogP contribution in [0.2, 0.25) is 0 Å². The molecule has 2 rings (SSSR count). The minimum atomic E-state index is -0.337. The Balaban J connectivity index is 2.14. The van der Waals surface area contributed by atoms with Gasteiger partial charge in [-0.25, -0.2) is 9.78 Å². The van der Waals surface area contributed by atoms with E-state index in [9.17, 15) is 4.79 Å². The second kappa shape index (κ2) is 6.74. The summed E-state index contributed by atoms with van der Waals surface area (Å²) in [5.74, 6) is 0.241. The summed E-state index contributed by atoms with van der Waals surface area (Å²) in [6.45, 7) is 2.43. The molecule has 2 aromatic rings. The summed E-state index contributed by atoms with van der Waals surface area (Å²) in [4.78, 5) is 16.0. The van der Waals surface area contributed by atoms with E-state index in [0.717, 1.165) is 16.9 Å². The Bertz CT molecular complexity index is 641. The summed E-state index contributed by atoms with van der Waals surface area (Å²) in [6, 6.07) is 11.1. The molecule has 0 bridgehead atoms. The normalized spacial score (nSPS) is 10.0. The Labute approximate surface area is 123 Å². The number of hydrogen-bond acceptors (Lipinski definition) is 5. The molecule has 0 spiro atoms. The van der Waals surface area contributed by atoms with Gasteiger partial charge < -0.3 is 14.8 Å². The molecule has 1 aromatic heterocycles. The molecule has 0 unspecified atom stereocenters. The smallest absolute Gasteiger partial charge is 0.338 e. The SMILES string of the molecule is COC(=O)c1cccc(NCc2cccc(OC)n2)c1C. The average molecular weight is 286 g/mol. The zero-order valence-corrected chi connectivity index (χ0v) is 12.3. The second-order valence-electron chi connectivity index (χ2n) is 4.49. The third-order valence-electron chi connectivity index (χ3n) is 3.19. The van der Waals surface area contributed by atoms with Crippen LogP contribution < -0.4 is 10.1 Å². The number of nitrogens with one attached hydrogen (secondary N) is 1. The Morgan fingerprint density at radius 1 is 1.19 bits per heavy atom. The average Bonchev–Trinajstić information content (AvgIpc) is 2.53. The lowest BCUT2D eigenvalue weighted by molar-refractivity contribution is 0.0600. The number of rotatable bonds is 5. The van der Waals surface area contributed by atoms with Gasteiger partial charge in [0.05, 0.1) is 32.0 Å². The van der Waals surface area contributed by atoms with Crippen molar-refractivity contribution in [2.45, 2.75) is 13.5 Å². The van der Waals surface area contributed by atoms with Crippen molar-refractivity contribution in [2.24, 2.45) is 0 Å². The molecule has 1 N–H and O–H groups in total. The first-order chi connectivity index (χ1) is 10.2. The number of carbonyl (C=O) groups excluding carboxylic acids is 1. The number of esters is 1. The third-order valence-corrected chi connectivity index (χ3v) is 3.19. The van der Waals surface area contributed by atoms with Gasteiger partial charge in [0, 0.05) is 11.8 Å². The van der Waals surface area contributed by atoms with E-state index in [4.69, 9.17) is 9.47 Å². The Morgan fingerprint density at radius 2 is 1.95 bits per heavy atom. The van der Waals surface area contributed by atoms with Crippen molar-refractivity contribution in [3.05, 3.63) is 53.2 Å². The molecule has 5 nitrogen and oxygen atoms in total. The van der Waals surface area contributed by atoms with Gasteiger partial charge in [0.1, 0.15) is 0 Å². The molecular weight excluding hydrogens is 268 g/mol. The maximum atomic E-state index is 11.7. The van der Waals surface area contributed by atoms with Crippen LogP contribution in [0.25, 0.3) is 0 Å². The lowest BCUT2D eigenvalue weighted by Crippen LogP contribution is -2.08. The zero-order valence-electron chi connectivity index (χ0n) is 12.3. The lowest BCUT2D eigenvalue weighted by Gasteiger charge is -2.12. The predicted molar refractivity (Wildman–Crippen MR) is 80.6 cm³/mol.